The molecule has 266 valence electrons. The van der Waals surface area contributed by atoms with Gasteiger partial charge in [-0.25, -0.2) is 0 Å². The Morgan fingerprint density at radius 3 is 1.35 bits per heavy atom. The molecule has 8 aromatic carbocycles. The molecular weight excluding hydrogens is 699 g/mol. The number of nitrogens with zero attached hydrogens (tertiary/aromatic N) is 5. The maximum atomic E-state index is 9.16. The van der Waals surface area contributed by atoms with Gasteiger partial charge in [-0.05, 0) is 46.9 Å². The first kappa shape index (κ1) is 19.7. The Kier molecular flexibility index (Phi) is 4.26. The minimum atomic E-state index is -0.698. The zero-order chi connectivity index (χ0) is 51.4. The van der Waals surface area contributed by atoms with Gasteiger partial charge in [-0.3, -0.25) is 9.13 Å². The predicted octanol–water partition coefficient (Wildman–Crippen LogP) is 13.0. The smallest absolute Gasteiger partial charge is 0.240 e. The van der Waals surface area contributed by atoms with Crippen molar-refractivity contribution in [3.63, 3.8) is 0 Å². The highest BCUT2D eigenvalue weighted by Gasteiger charge is 2.20. The summed E-state index contributed by atoms with van der Waals surface area (Å²) in [4.78, 5) is 14.4. The molecule has 12 rings (SSSR count). The topological polar surface area (TPSA) is 61.7 Å². The van der Waals surface area contributed by atoms with Crippen LogP contribution in [0.2, 0.25) is 0 Å². The maximum Gasteiger partial charge on any atom is 0.240 e. The predicted molar refractivity (Wildman–Crippen MR) is 232 cm³/mol. The fourth-order valence-corrected chi connectivity index (χ4v) is 7.55. The van der Waals surface area contributed by atoms with Crippen LogP contribution in [-0.2, 0) is 0 Å². The van der Waals surface area contributed by atoms with Crippen molar-refractivity contribution in [1.29, 1.82) is 0 Å². The Hall–Kier alpha value is -7.83. The van der Waals surface area contributed by atoms with E-state index in [1.807, 2.05) is 66.7 Å². The highest BCUT2D eigenvalue weighted by Crippen LogP contribution is 2.38. The first-order valence-corrected chi connectivity index (χ1v) is 17.8. The molecule has 0 saturated carbocycles. The summed E-state index contributed by atoms with van der Waals surface area (Å²) in [5.41, 5.74) is 4.03. The van der Waals surface area contributed by atoms with Gasteiger partial charge in [-0.2, -0.15) is 15.0 Å². The molecule has 57 heavy (non-hydrogen) atoms. The van der Waals surface area contributed by atoms with Crippen molar-refractivity contribution < 1.29 is 26.3 Å². The van der Waals surface area contributed by atoms with E-state index in [4.69, 9.17) is 41.3 Å². The number of para-hydroxylation sites is 6. The van der Waals surface area contributed by atoms with Gasteiger partial charge in [0.15, 0.2) is 5.82 Å². The average molecular weight is 746 g/mol. The molecule has 4 heterocycles. The normalized spacial score (nSPS) is 15.8. The van der Waals surface area contributed by atoms with Gasteiger partial charge in [-0.1, -0.05) is 157 Å². The van der Waals surface area contributed by atoms with E-state index < -0.39 is 109 Å². The summed E-state index contributed by atoms with van der Waals surface area (Å²) < 4.78 is 150. The molecule has 0 aliphatic rings. The number of hydrogen-bond donors (Lipinski definition) is 0. The van der Waals surface area contributed by atoms with Gasteiger partial charge in [-0.15, -0.1) is 0 Å². The molecule has 0 aliphatic carbocycles. The lowest BCUT2D eigenvalue weighted by molar-refractivity contribution is 0.670. The Bertz CT molecular complexity index is 4120. The molecule has 0 amide bonds. The third-order valence-electron chi connectivity index (χ3n) is 10.2. The summed E-state index contributed by atoms with van der Waals surface area (Å²) in [5, 5.41) is 0.960. The molecule has 0 saturated heterocycles. The zero-order valence-electron chi connectivity index (χ0n) is 45.3. The Balaban J connectivity index is 1.12. The van der Waals surface area contributed by atoms with E-state index in [2.05, 4.69) is 0 Å². The van der Waals surface area contributed by atoms with E-state index in [1.165, 1.54) is 0 Å². The molecule has 6 nitrogen and oxygen atoms in total. The third kappa shape index (κ3) is 4.87. The lowest BCUT2D eigenvalue weighted by Gasteiger charge is -2.13. The number of rotatable bonds is 5. The third-order valence-corrected chi connectivity index (χ3v) is 10.2. The van der Waals surface area contributed by atoms with Gasteiger partial charge in [0.05, 0.1) is 44.0 Å². The number of fused-ring (bicyclic) bond motifs is 9. The Morgan fingerprint density at radius 2 is 0.825 bits per heavy atom. The Morgan fingerprint density at radius 1 is 0.386 bits per heavy atom. The van der Waals surface area contributed by atoms with Gasteiger partial charge in [0.2, 0.25) is 11.9 Å². The average Bonchev–Trinajstić information content (AvgIpc) is 4.10. The maximum absolute atomic E-state index is 9.16. The van der Waals surface area contributed by atoms with Gasteiger partial charge < -0.3 is 4.42 Å². The van der Waals surface area contributed by atoms with Gasteiger partial charge in [0, 0.05) is 43.4 Å². The summed E-state index contributed by atoms with van der Waals surface area (Å²) >= 11 is 0. The highest BCUT2D eigenvalue weighted by atomic mass is 16.3. The molecule has 0 bridgehead atoms. The van der Waals surface area contributed by atoms with Gasteiger partial charge in [0.1, 0.15) is 11.2 Å². The zero-order valence-corrected chi connectivity index (χ0v) is 29.3. The molecule has 0 fully saturated rings. The second-order valence-electron chi connectivity index (χ2n) is 13.3. The first-order chi connectivity index (χ1) is 34.9. The van der Waals surface area contributed by atoms with Gasteiger partial charge >= 0.3 is 0 Å². The van der Waals surface area contributed by atoms with Crippen molar-refractivity contribution in [3.05, 3.63) is 188 Å². The molecule has 0 unspecified atom stereocenters. The second-order valence-corrected chi connectivity index (χ2v) is 13.3. The van der Waals surface area contributed by atoms with Crippen LogP contribution in [0.4, 0.5) is 0 Å². The van der Waals surface area contributed by atoms with Crippen molar-refractivity contribution in [3.8, 4) is 45.5 Å². The van der Waals surface area contributed by atoms with E-state index in [0.717, 1.165) is 53.3 Å². The van der Waals surface area contributed by atoms with Crippen LogP contribution in [0.3, 0.4) is 0 Å². The first-order valence-electron chi connectivity index (χ1n) is 25.8. The van der Waals surface area contributed by atoms with Crippen LogP contribution in [-0.4, -0.2) is 24.1 Å². The van der Waals surface area contributed by atoms with Crippen molar-refractivity contribution in [2.75, 3.05) is 0 Å². The molecule has 4 aromatic heterocycles. The van der Waals surface area contributed by atoms with Crippen LogP contribution in [0, 0.1) is 0 Å². The van der Waals surface area contributed by atoms with Gasteiger partial charge in [0.25, 0.3) is 0 Å². The van der Waals surface area contributed by atoms with Crippen molar-refractivity contribution >= 4 is 65.6 Å². The number of hydrogen-bond acceptors (Lipinski definition) is 4. The molecule has 12 aromatic rings. The lowest BCUT2D eigenvalue weighted by Crippen LogP contribution is -2.10. The van der Waals surface area contributed by atoms with E-state index in [0.29, 0.717) is 5.56 Å². The molecular formula is C51H31N5O. The van der Waals surface area contributed by atoms with Crippen LogP contribution in [0.1, 0.15) is 21.9 Å². The van der Waals surface area contributed by atoms with E-state index >= 15 is 0 Å². The molecule has 0 aliphatic heterocycles. The summed E-state index contributed by atoms with van der Waals surface area (Å²) in [6, 6.07) is 18.3. The van der Waals surface area contributed by atoms with E-state index in [9.17, 15) is 0 Å². The van der Waals surface area contributed by atoms with E-state index in [-0.39, 0.29) is 49.4 Å². The van der Waals surface area contributed by atoms with Crippen molar-refractivity contribution in [1.82, 2.24) is 24.1 Å². The minimum Gasteiger partial charge on any atom is -0.455 e. The lowest BCUT2D eigenvalue weighted by atomic mass is 9.98. The minimum absolute atomic E-state index is 0.144. The summed E-state index contributed by atoms with van der Waals surface area (Å²) in [6.45, 7) is 0. The summed E-state index contributed by atoms with van der Waals surface area (Å²) in [5.74, 6) is -1.08. The Labute approximate surface area is 349 Å². The SMILES string of the molecule is [2H]c1c([2H])c([2H])c2c(c1[2H])c1c([2H])c([2H])c([2H])c([2H])c1n2-c1nc(-c2ccc(-c3ccc(-c4cccc5c4oc4ccccc45)cc3)cc2)nc(-n2c3c([2H])c([2H])c([2H])c([2H])c3c3c([2H])c([2H])c([2H])c([2H])c32)n1. The second kappa shape index (κ2) is 12.3. The quantitative estimate of drug-likeness (QED) is 0.176. The van der Waals surface area contributed by atoms with Crippen LogP contribution in [0.25, 0.3) is 111 Å². The summed E-state index contributed by atoms with van der Waals surface area (Å²) in [7, 11) is 0. The largest absolute Gasteiger partial charge is 0.455 e. The molecule has 6 heteroatoms. The van der Waals surface area contributed by atoms with Crippen molar-refractivity contribution in [2.45, 2.75) is 0 Å². The molecule has 0 spiro atoms. The highest BCUT2D eigenvalue weighted by molar-refractivity contribution is 6.11. The monoisotopic (exact) mass is 745 g/mol. The summed E-state index contributed by atoms with van der Waals surface area (Å²) in [6.07, 6.45) is 0. The van der Waals surface area contributed by atoms with Crippen molar-refractivity contribution in [2.24, 2.45) is 0 Å². The molecule has 0 N–H and O–H groups in total. The number of aromatic nitrogens is 5. The van der Waals surface area contributed by atoms with Crippen LogP contribution in [0.15, 0.2) is 192 Å². The molecule has 0 radical (unpaired) electrons. The van der Waals surface area contributed by atoms with Crippen LogP contribution >= 0.6 is 0 Å². The number of furan rings is 1. The van der Waals surface area contributed by atoms with E-state index in [1.54, 1.807) is 24.3 Å². The fourth-order valence-electron chi connectivity index (χ4n) is 7.55. The van der Waals surface area contributed by atoms with Crippen LogP contribution < -0.4 is 0 Å². The fraction of sp³-hybridized carbons (Fsp3) is 0. The number of benzene rings is 8. The molecule has 0 atom stereocenters. The standard InChI is InChI=1S/C51H31N5O/c1-6-19-43-37(12-1)38-13-2-7-20-44(38)55(43)50-52-49(53-51(54-50)56-45-21-8-3-14-39(45)40-15-4-9-22-46(40)56)35-30-26-33(27-31-35)32-24-28-34(29-25-32)36-17-11-18-42-41-16-5-10-23-47(41)57-48(36)42/h1-31H/i1D,2D,3D,4D,6D,7D,8D,9D,12D,13D,14D,15D,19D,20D,21D,22D. The van der Waals surface area contributed by atoms with Crippen LogP contribution in [0.5, 0.6) is 0 Å².